The molecule has 3 aromatic rings. The highest BCUT2D eigenvalue weighted by Crippen LogP contribution is 2.23. The van der Waals surface area contributed by atoms with E-state index < -0.39 is 29.6 Å². The van der Waals surface area contributed by atoms with Gasteiger partial charge >= 0.3 is 12.0 Å². The van der Waals surface area contributed by atoms with Crippen LogP contribution in [0.3, 0.4) is 0 Å². The number of esters is 1. The number of barbiturate groups is 1. The second kappa shape index (κ2) is 8.07. The van der Waals surface area contributed by atoms with E-state index in [4.69, 9.17) is 9.15 Å². The number of nitrogens with one attached hydrogen (secondary N) is 1. The molecule has 0 spiro atoms. The highest BCUT2D eigenvalue weighted by Gasteiger charge is 2.36. The van der Waals surface area contributed by atoms with E-state index in [0.29, 0.717) is 5.56 Å². The van der Waals surface area contributed by atoms with Crippen LogP contribution in [0.1, 0.15) is 16.1 Å². The highest BCUT2D eigenvalue weighted by molar-refractivity contribution is 6.39. The summed E-state index contributed by atoms with van der Waals surface area (Å²) in [5.74, 6) is -2.65. The first kappa shape index (κ1) is 19.8. The smallest absolute Gasteiger partial charge is 0.379 e. The van der Waals surface area contributed by atoms with Gasteiger partial charge in [0.15, 0.2) is 0 Å². The maximum atomic E-state index is 13.2. The average Bonchev–Trinajstić information content (AvgIpc) is 3.29. The van der Waals surface area contributed by atoms with Crippen LogP contribution in [0.25, 0.3) is 6.08 Å². The minimum absolute atomic E-state index is 0.0428. The van der Waals surface area contributed by atoms with Crippen molar-refractivity contribution < 1.29 is 32.7 Å². The van der Waals surface area contributed by atoms with Gasteiger partial charge in [-0.05, 0) is 60.2 Å². The van der Waals surface area contributed by atoms with Gasteiger partial charge in [-0.15, -0.1) is 0 Å². The van der Waals surface area contributed by atoms with Gasteiger partial charge in [-0.25, -0.2) is 18.9 Å². The van der Waals surface area contributed by atoms with Crippen LogP contribution in [0.5, 0.6) is 5.75 Å². The summed E-state index contributed by atoms with van der Waals surface area (Å²) in [5.41, 5.74) is 0.274. The monoisotopic (exact) mass is 420 g/mol. The van der Waals surface area contributed by atoms with E-state index in [1.54, 1.807) is 6.07 Å². The predicted octanol–water partition coefficient (Wildman–Crippen LogP) is 3.30. The van der Waals surface area contributed by atoms with Gasteiger partial charge in [0, 0.05) is 0 Å². The molecule has 0 atom stereocenters. The van der Waals surface area contributed by atoms with Crippen molar-refractivity contribution in [1.82, 2.24) is 5.32 Å². The van der Waals surface area contributed by atoms with Gasteiger partial charge in [0.05, 0.1) is 12.0 Å². The number of nitrogens with zero attached hydrogens (tertiary/aromatic N) is 1. The van der Waals surface area contributed by atoms with Crippen molar-refractivity contribution in [3.05, 3.63) is 89.6 Å². The predicted molar refractivity (Wildman–Crippen MR) is 106 cm³/mol. The summed E-state index contributed by atoms with van der Waals surface area (Å²) in [7, 11) is 0. The summed E-state index contributed by atoms with van der Waals surface area (Å²) in [6.45, 7) is 0. The second-order valence-electron chi connectivity index (χ2n) is 6.37. The number of imide groups is 2. The number of anilines is 1. The Hall–Kier alpha value is -4.53. The van der Waals surface area contributed by atoms with E-state index in [2.05, 4.69) is 5.32 Å². The number of benzene rings is 2. The molecule has 2 aromatic carbocycles. The van der Waals surface area contributed by atoms with E-state index in [9.17, 15) is 23.6 Å². The maximum Gasteiger partial charge on any atom is 0.379 e. The molecule has 0 aliphatic carbocycles. The van der Waals surface area contributed by atoms with E-state index in [0.717, 1.165) is 17.0 Å². The third kappa shape index (κ3) is 4.10. The minimum atomic E-state index is -0.932. The molecule has 9 heteroatoms. The number of hydrogen-bond donors (Lipinski definition) is 1. The fourth-order valence-corrected chi connectivity index (χ4v) is 2.83. The molecular weight excluding hydrogens is 407 g/mol. The molecule has 1 fully saturated rings. The molecule has 4 rings (SSSR count). The molecule has 4 amide bonds. The van der Waals surface area contributed by atoms with E-state index in [-0.39, 0.29) is 22.8 Å². The largest absolute Gasteiger partial charge is 0.457 e. The van der Waals surface area contributed by atoms with Crippen LogP contribution in [0.4, 0.5) is 14.9 Å². The lowest BCUT2D eigenvalue weighted by Crippen LogP contribution is -2.54. The van der Waals surface area contributed by atoms with Crippen molar-refractivity contribution in [2.45, 2.75) is 0 Å². The van der Waals surface area contributed by atoms with Gasteiger partial charge in [0.1, 0.15) is 17.1 Å². The molecule has 1 aromatic heterocycles. The zero-order chi connectivity index (χ0) is 22.0. The molecule has 2 heterocycles. The molecule has 1 aliphatic heterocycles. The fraction of sp³-hybridized carbons (Fsp3) is 0. The molecule has 0 unspecified atom stereocenters. The molecule has 8 nitrogen and oxygen atoms in total. The van der Waals surface area contributed by atoms with Gasteiger partial charge in [-0.3, -0.25) is 14.9 Å². The average molecular weight is 420 g/mol. The maximum absolute atomic E-state index is 13.2. The number of carbonyl (C=O) groups excluding carboxylic acids is 4. The van der Waals surface area contributed by atoms with Gasteiger partial charge in [0.2, 0.25) is 5.76 Å². The Kier molecular flexibility index (Phi) is 5.15. The number of hydrogen-bond acceptors (Lipinski definition) is 6. The molecule has 0 radical (unpaired) electrons. The Morgan fingerprint density at radius 1 is 1.00 bits per heavy atom. The number of halogens is 1. The van der Waals surface area contributed by atoms with E-state index in [1.807, 2.05) is 0 Å². The second-order valence-corrected chi connectivity index (χ2v) is 6.37. The molecule has 1 aliphatic rings. The Morgan fingerprint density at radius 2 is 1.71 bits per heavy atom. The number of rotatable bonds is 4. The van der Waals surface area contributed by atoms with Crippen LogP contribution in [-0.2, 0) is 9.59 Å². The Balaban J connectivity index is 1.56. The Labute approximate surface area is 174 Å². The zero-order valence-electron chi connectivity index (χ0n) is 15.7. The number of carbonyl (C=O) groups is 4. The van der Waals surface area contributed by atoms with Gasteiger partial charge < -0.3 is 9.15 Å². The Morgan fingerprint density at radius 3 is 2.35 bits per heavy atom. The first-order chi connectivity index (χ1) is 14.9. The van der Waals surface area contributed by atoms with Crippen molar-refractivity contribution in [2.24, 2.45) is 0 Å². The lowest BCUT2D eigenvalue weighted by molar-refractivity contribution is -0.122. The van der Waals surface area contributed by atoms with Crippen molar-refractivity contribution in [3.8, 4) is 5.75 Å². The molecule has 0 bridgehead atoms. The third-order valence-electron chi connectivity index (χ3n) is 4.31. The number of urea groups is 1. The van der Waals surface area contributed by atoms with Crippen LogP contribution in [0.2, 0.25) is 0 Å². The minimum Gasteiger partial charge on any atom is -0.457 e. The summed E-state index contributed by atoms with van der Waals surface area (Å²) in [6, 6.07) is 12.8. The SMILES string of the molecule is O=C1NC(=O)N(c2ccc(F)cc2)C(=O)/C1=C\c1ccc(OC(=O)c2ccco2)cc1. The van der Waals surface area contributed by atoms with Gasteiger partial charge in [-0.1, -0.05) is 12.1 Å². The van der Waals surface area contributed by atoms with Crippen molar-refractivity contribution in [1.29, 1.82) is 0 Å². The van der Waals surface area contributed by atoms with Crippen LogP contribution in [-0.4, -0.2) is 23.8 Å². The lowest BCUT2D eigenvalue weighted by Gasteiger charge is -2.26. The number of amides is 4. The normalized spacial score (nSPS) is 15.2. The van der Waals surface area contributed by atoms with Gasteiger partial charge in [0.25, 0.3) is 11.8 Å². The first-order valence-electron chi connectivity index (χ1n) is 8.95. The first-order valence-corrected chi connectivity index (χ1v) is 8.95. The molecular formula is C22H13FN2O6. The molecule has 1 saturated heterocycles. The summed E-state index contributed by atoms with van der Waals surface area (Å²) in [6.07, 6.45) is 2.64. The van der Waals surface area contributed by atoms with Crippen molar-refractivity contribution in [3.63, 3.8) is 0 Å². The van der Waals surface area contributed by atoms with Crippen LogP contribution < -0.4 is 15.0 Å². The summed E-state index contributed by atoms with van der Waals surface area (Å²) in [5, 5.41) is 2.08. The zero-order valence-corrected chi connectivity index (χ0v) is 15.7. The standard InChI is InChI=1S/C22H13FN2O6/c23-14-5-7-15(8-6-14)25-20(27)17(19(26)24-22(25)29)12-13-3-9-16(10-4-13)31-21(28)18-2-1-11-30-18/h1-12H,(H,24,26,29)/b17-12-. The quantitative estimate of drug-likeness (QED) is 0.300. The van der Waals surface area contributed by atoms with Crippen molar-refractivity contribution >= 4 is 35.6 Å². The Bertz CT molecular complexity index is 1200. The number of ether oxygens (including phenoxy) is 1. The van der Waals surface area contributed by atoms with Crippen LogP contribution in [0.15, 0.2) is 76.9 Å². The van der Waals surface area contributed by atoms with E-state index >= 15 is 0 Å². The fourth-order valence-electron chi connectivity index (χ4n) is 2.83. The molecule has 0 saturated carbocycles. The van der Waals surface area contributed by atoms with Crippen LogP contribution >= 0.6 is 0 Å². The highest BCUT2D eigenvalue weighted by atomic mass is 19.1. The molecule has 154 valence electrons. The third-order valence-corrected chi connectivity index (χ3v) is 4.31. The van der Waals surface area contributed by atoms with Gasteiger partial charge in [-0.2, -0.15) is 0 Å². The number of furan rings is 1. The summed E-state index contributed by atoms with van der Waals surface area (Å²) >= 11 is 0. The van der Waals surface area contributed by atoms with Crippen LogP contribution in [0, 0.1) is 5.82 Å². The topological polar surface area (TPSA) is 106 Å². The summed E-state index contributed by atoms with van der Waals surface area (Å²) in [4.78, 5) is 49.8. The van der Waals surface area contributed by atoms with E-state index in [1.165, 1.54) is 54.8 Å². The summed E-state index contributed by atoms with van der Waals surface area (Å²) < 4.78 is 23.3. The molecule has 1 N–H and O–H groups in total. The lowest BCUT2D eigenvalue weighted by atomic mass is 10.1. The molecule has 31 heavy (non-hydrogen) atoms. The van der Waals surface area contributed by atoms with Crippen molar-refractivity contribution in [2.75, 3.05) is 4.90 Å².